The van der Waals surface area contributed by atoms with Crippen LogP contribution < -0.4 is 15.2 Å². The molecule has 0 aromatic heterocycles. The van der Waals surface area contributed by atoms with Crippen molar-refractivity contribution in [3.8, 4) is 17.6 Å². The summed E-state index contributed by atoms with van der Waals surface area (Å²) in [5.41, 5.74) is 6.51. The Morgan fingerprint density at radius 1 is 1.45 bits per heavy atom. The Morgan fingerprint density at radius 3 is 2.75 bits per heavy atom. The van der Waals surface area contributed by atoms with Gasteiger partial charge in [-0.05, 0) is 30.2 Å². The minimum atomic E-state index is 0.0785. The molecule has 1 aromatic rings. The summed E-state index contributed by atoms with van der Waals surface area (Å²) in [6.07, 6.45) is 3.69. The number of hydrogen-bond donors (Lipinski definition) is 1. The lowest BCUT2D eigenvalue weighted by atomic mass is 10.1. The average molecular weight is 290 g/mol. The average Bonchev–Trinajstić information content (AvgIpc) is 2.45. The Bertz CT molecular complexity index is 547. The number of unbranched alkanes of at least 4 members (excludes halogenated alkanes) is 1. The van der Waals surface area contributed by atoms with Crippen molar-refractivity contribution in [3.05, 3.63) is 29.3 Å². The second-order valence-electron chi connectivity index (χ2n) is 4.15. The molecule has 0 bridgehead atoms. The number of thiocarbonyl (C=S) groups is 1. The molecule has 0 amide bonds. The Labute approximate surface area is 124 Å². The maximum absolute atomic E-state index is 8.94. The van der Waals surface area contributed by atoms with E-state index in [0.29, 0.717) is 18.1 Å². The predicted molar refractivity (Wildman–Crippen MR) is 83.8 cm³/mol. The van der Waals surface area contributed by atoms with Crippen LogP contribution in [-0.4, -0.2) is 18.7 Å². The maximum Gasteiger partial charge on any atom is 0.161 e. The van der Waals surface area contributed by atoms with Crippen LogP contribution in [0.4, 0.5) is 0 Å². The highest BCUT2D eigenvalue weighted by Crippen LogP contribution is 2.29. The van der Waals surface area contributed by atoms with Gasteiger partial charge < -0.3 is 15.2 Å². The van der Waals surface area contributed by atoms with Gasteiger partial charge in [0.25, 0.3) is 0 Å². The van der Waals surface area contributed by atoms with Crippen molar-refractivity contribution in [2.24, 2.45) is 5.73 Å². The molecule has 0 radical (unpaired) electrons. The standard InChI is InChI=1S/C15H18N2O2S/c1-3-4-7-19-13-6-5-11(9-14(13)18-2)8-12(10-16)15(17)20/h5-6,8-9H,3-4,7H2,1-2H3,(H2,17,20)/b12-8-. The normalized spacial score (nSPS) is 10.8. The van der Waals surface area contributed by atoms with Crippen LogP contribution in [0.3, 0.4) is 0 Å². The molecule has 20 heavy (non-hydrogen) atoms. The number of nitrogens with zero attached hydrogens (tertiary/aromatic N) is 1. The van der Waals surface area contributed by atoms with Crippen molar-refractivity contribution in [3.63, 3.8) is 0 Å². The molecule has 0 aliphatic carbocycles. The second kappa shape index (κ2) is 8.18. The molecule has 4 nitrogen and oxygen atoms in total. The van der Waals surface area contributed by atoms with Gasteiger partial charge in [0.15, 0.2) is 11.5 Å². The number of nitriles is 1. The van der Waals surface area contributed by atoms with Gasteiger partial charge in [0.1, 0.15) is 11.1 Å². The van der Waals surface area contributed by atoms with E-state index in [2.05, 4.69) is 6.92 Å². The molecule has 1 rings (SSSR count). The number of hydrogen-bond acceptors (Lipinski definition) is 4. The van der Waals surface area contributed by atoms with Crippen molar-refractivity contribution >= 4 is 23.3 Å². The molecule has 1 aromatic carbocycles. The quantitative estimate of drug-likeness (QED) is 0.362. The molecule has 106 valence electrons. The number of methoxy groups -OCH3 is 1. The van der Waals surface area contributed by atoms with Gasteiger partial charge in [-0.2, -0.15) is 5.26 Å². The Hall–Kier alpha value is -2.06. The lowest BCUT2D eigenvalue weighted by Crippen LogP contribution is -2.09. The van der Waals surface area contributed by atoms with E-state index in [1.807, 2.05) is 18.2 Å². The summed E-state index contributed by atoms with van der Waals surface area (Å²) < 4.78 is 10.9. The highest BCUT2D eigenvalue weighted by Gasteiger charge is 2.06. The monoisotopic (exact) mass is 290 g/mol. The predicted octanol–water partition coefficient (Wildman–Crippen LogP) is 3.07. The molecule has 0 atom stereocenters. The van der Waals surface area contributed by atoms with Crippen LogP contribution in [0, 0.1) is 11.3 Å². The number of nitrogens with two attached hydrogens (primary N) is 1. The van der Waals surface area contributed by atoms with Crippen molar-refractivity contribution in [2.45, 2.75) is 19.8 Å². The highest BCUT2D eigenvalue weighted by molar-refractivity contribution is 7.80. The SMILES string of the molecule is CCCCOc1ccc(/C=C(/C#N)C(N)=S)cc1OC. The topological polar surface area (TPSA) is 68.3 Å². The van der Waals surface area contributed by atoms with E-state index in [9.17, 15) is 0 Å². The first kappa shape index (κ1) is 16.0. The third kappa shape index (κ3) is 4.56. The molecular weight excluding hydrogens is 272 g/mol. The van der Waals surface area contributed by atoms with Crippen molar-refractivity contribution in [1.29, 1.82) is 5.26 Å². The number of rotatable bonds is 7. The molecule has 0 fully saturated rings. The highest BCUT2D eigenvalue weighted by atomic mass is 32.1. The molecule has 0 aliphatic heterocycles. The Balaban J connectivity index is 2.98. The summed E-state index contributed by atoms with van der Waals surface area (Å²) in [4.78, 5) is 0.0785. The fraction of sp³-hybridized carbons (Fsp3) is 0.333. The van der Waals surface area contributed by atoms with Gasteiger partial charge in [-0.1, -0.05) is 31.6 Å². The Morgan fingerprint density at radius 2 is 2.20 bits per heavy atom. The summed E-state index contributed by atoms with van der Waals surface area (Å²) in [6.45, 7) is 2.76. The van der Waals surface area contributed by atoms with Crippen molar-refractivity contribution in [2.75, 3.05) is 13.7 Å². The molecular formula is C15H18N2O2S. The molecule has 0 aliphatic rings. The zero-order chi connectivity index (χ0) is 15.0. The van der Waals surface area contributed by atoms with Gasteiger partial charge in [0.05, 0.1) is 19.3 Å². The Kier molecular flexibility index (Phi) is 6.54. The van der Waals surface area contributed by atoms with E-state index in [1.54, 1.807) is 19.3 Å². The van der Waals surface area contributed by atoms with Gasteiger partial charge in [-0.15, -0.1) is 0 Å². The molecule has 2 N–H and O–H groups in total. The summed E-state index contributed by atoms with van der Waals surface area (Å²) in [5, 5.41) is 8.94. The van der Waals surface area contributed by atoms with Gasteiger partial charge in [0.2, 0.25) is 0 Å². The molecule has 0 spiro atoms. The van der Waals surface area contributed by atoms with Crippen molar-refractivity contribution in [1.82, 2.24) is 0 Å². The summed E-state index contributed by atoms with van der Waals surface area (Å²) in [7, 11) is 1.58. The number of benzene rings is 1. The summed E-state index contributed by atoms with van der Waals surface area (Å²) in [5.74, 6) is 1.31. The van der Waals surface area contributed by atoms with E-state index >= 15 is 0 Å². The zero-order valence-electron chi connectivity index (χ0n) is 11.7. The lowest BCUT2D eigenvalue weighted by Gasteiger charge is -2.11. The minimum absolute atomic E-state index is 0.0785. The fourth-order valence-electron chi connectivity index (χ4n) is 1.54. The van der Waals surface area contributed by atoms with E-state index in [1.165, 1.54) is 0 Å². The van der Waals surface area contributed by atoms with Crippen LogP contribution in [0.15, 0.2) is 23.8 Å². The van der Waals surface area contributed by atoms with E-state index in [0.717, 1.165) is 18.4 Å². The van der Waals surface area contributed by atoms with Gasteiger partial charge in [-0.3, -0.25) is 0 Å². The van der Waals surface area contributed by atoms with Crippen LogP contribution in [0.25, 0.3) is 6.08 Å². The van der Waals surface area contributed by atoms with E-state index < -0.39 is 0 Å². The van der Waals surface area contributed by atoms with Crippen LogP contribution >= 0.6 is 12.2 Å². The molecule has 0 heterocycles. The molecule has 0 saturated heterocycles. The van der Waals surface area contributed by atoms with Crippen LogP contribution in [0.2, 0.25) is 0 Å². The molecule has 5 heteroatoms. The van der Waals surface area contributed by atoms with Crippen LogP contribution in [0.5, 0.6) is 11.5 Å². The summed E-state index contributed by atoms with van der Waals surface area (Å²) in [6, 6.07) is 7.40. The molecule has 0 saturated carbocycles. The van der Waals surface area contributed by atoms with Crippen molar-refractivity contribution < 1.29 is 9.47 Å². The third-order valence-electron chi connectivity index (χ3n) is 2.64. The minimum Gasteiger partial charge on any atom is -0.493 e. The van der Waals surface area contributed by atoms with Crippen LogP contribution in [-0.2, 0) is 0 Å². The van der Waals surface area contributed by atoms with E-state index in [-0.39, 0.29) is 10.6 Å². The molecule has 0 unspecified atom stereocenters. The fourth-order valence-corrected chi connectivity index (χ4v) is 1.65. The number of ether oxygens (including phenoxy) is 2. The van der Waals surface area contributed by atoms with Crippen LogP contribution in [0.1, 0.15) is 25.3 Å². The van der Waals surface area contributed by atoms with Gasteiger partial charge in [0, 0.05) is 0 Å². The second-order valence-corrected chi connectivity index (χ2v) is 4.59. The largest absolute Gasteiger partial charge is 0.493 e. The lowest BCUT2D eigenvalue weighted by molar-refractivity contribution is 0.288. The smallest absolute Gasteiger partial charge is 0.161 e. The third-order valence-corrected chi connectivity index (χ3v) is 2.86. The maximum atomic E-state index is 8.94. The first-order valence-electron chi connectivity index (χ1n) is 6.34. The van der Waals surface area contributed by atoms with Gasteiger partial charge in [-0.25, -0.2) is 0 Å². The van der Waals surface area contributed by atoms with E-state index in [4.69, 9.17) is 32.7 Å². The zero-order valence-corrected chi connectivity index (χ0v) is 12.5. The first-order valence-corrected chi connectivity index (χ1v) is 6.75. The van der Waals surface area contributed by atoms with Gasteiger partial charge >= 0.3 is 0 Å². The summed E-state index contributed by atoms with van der Waals surface area (Å²) >= 11 is 4.80. The first-order chi connectivity index (χ1) is 9.62.